The molecule has 0 spiro atoms. The fraction of sp³-hybridized carbons (Fsp3) is 0.0400. The van der Waals surface area contributed by atoms with Crippen molar-refractivity contribution in [2.24, 2.45) is 0 Å². The minimum atomic E-state index is -0.176. The minimum absolute atomic E-state index is 0.176. The smallest absolute Gasteiger partial charge is 0.115 e. The lowest BCUT2D eigenvalue weighted by Gasteiger charge is -2.09. The van der Waals surface area contributed by atoms with Gasteiger partial charge in [-0.15, -0.1) is 6.42 Å². The van der Waals surface area contributed by atoms with Crippen LogP contribution in [0.2, 0.25) is 0 Å². The molecule has 3 aromatic rings. The Morgan fingerprint density at radius 1 is 0.815 bits per heavy atom. The first-order valence-corrected chi connectivity index (χ1v) is 10.8. The Kier molecular flexibility index (Phi) is 7.04. The summed E-state index contributed by atoms with van der Waals surface area (Å²) in [5.74, 6) is 2.61. The Bertz CT molecular complexity index is 947. The zero-order valence-corrected chi connectivity index (χ0v) is 16.8. The van der Waals surface area contributed by atoms with Crippen LogP contribution >= 0.6 is 11.8 Å². The van der Waals surface area contributed by atoms with E-state index in [1.807, 2.05) is 12.1 Å². The average molecular weight is 386 g/mol. The van der Waals surface area contributed by atoms with Crippen molar-refractivity contribution in [3.05, 3.63) is 108 Å². The van der Waals surface area contributed by atoms with Crippen LogP contribution in [0.3, 0.4) is 0 Å². The molecule has 3 aromatic carbocycles. The number of allylic oxidation sites excluding steroid dienone is 3. The monoisotopic (exact) mass is 385 g/mol. The Morgan fingerprint density at radius 3 is 1.96 bits per heavy atom. The summed E-state index contributed by atoms with van der Waals surface area (Å²) in [6, 6.07) is 29.9. The fourth-order valence-electron chi connectivity index (χ4n) is 2.65. The summed E-state index contributed by atoms with van der Waals surface area (Å²) in [7, 11) is -0.176. The molecule has 0 heterocycles. The third kappa shape index (κ3) is 5.20. The number of hydrogen-bond donors (Lipinski definition) is 0. The second-order valence-corrected chi connectivity index (χ2v) is 8.87. The van der Waals surface area contributed by atoms with Crippen LogP contribution in [0.1, 0.15) is 6.92 Å². The SMILES string of the molecule is C#C/C=C\C(=C/C)[S+](c1ccccc1)c1ccc(Sc2ccccc2)cc1. The molecule has 0 aliphatic heterocycles. The quantitative estimate of drug-likeness (QED) is 0.251. The summed E-state index contributed by atoms with van der Waals surface area (Å²) in [6.45, 7) is 2.07. The van der Waals surface area contributed by atoms with Crippen LogP contribution in [-0.2, 0) is 10.9 Å². The second-order valence-electron chi connectivity index (χ2n) is 5.70. The Balaban J connectivity index is 1.93. The van der Waals surface area contributed by atoms with E-state index < -0.39 is 0 Å². The standard InChI is InChI=1S/C25H21S2/c1-3-5-14-23(4-2)27(24-15-10-7-11-16-24)25-19-17-22(18-20-25)26-21-12-8-6-9-13-21/h1,4-20H,2H3/q+1/b14-5-,23-4+. The second kappa shape index (κ2) is 9.92. The van der Waals surface area contributed by atoms with E-state index in [1.54, 1.807) is 17.8 Å². The Hall–Kier alpha value is -2.60. The summed E-state index contributed by atoms with van der Waals surface area (Å²) in [5, 5.41) is 0. The maximum Gasteiger partial charge on any atom is 0.166 e. The van der Waals surface area contributed by atoms with Gasteiger partial charge in [-0.2, -0.15) is 0 Å². The number of hydrogen-bond acceptors (Lipinski definition) is 1. The van der Waals surface area contributed by atoms with E-state index in [9.17, 15) is 0 Å². The topological polar surface area (TPSA) is 0 Å². The van der Waals surface area contributed by atoms with Crippen LogP contribution in [0.4, 0.5) is 0 Å². The third-order valence-electron chi connectivity index (χ3n) is 3.88. The highest BCUT2D eigenvalue weighted by molar-refractivity contribution is 8.01. The van der Waals surface area contributed by atoms with Crippen molar-refractivity contribution in [1.82, 2.24) is 0 Å². The number of rotatable bonds is 6. The van der Waals surface area contributed by atoms with Gasteiger partial charge >= 0.3 is 0 Å². The zero-order valence-electron chi connectivity index (χ0n) is 15.2. The van der Waals surface area contributed by atoms with E-state index in [1.165, 1.54) is 24.5 Å². The van der Waals surface area contributed by atoms with Gasteiger partial charge in [-0.25, -0.2) is 0 Å². The summed E-state index contributed by atoms with van der Waals surface area (Å²) >= 11 is 1.78. The highest BCUT2D eigenvalue weighted by atomic mass is 32.2. The molecule has 0 amide bonds. The third-order valence-corrected chi connectivity index (χ3v) is 7.23. The molecule has 0 bridgehead atoms. The summed E-state index contributed by atoms with van der Waals surface area (Å²) in [5.41, 5.74) is 0. The van der Waals surface area contributed by atoms with Crippen molar-refractivity contribution < 1.29 is 0 Å². The first-order valence-electron chi connectivity index (χ1n) is 8.73. The van der Waals surface area contributed by atoms with Gasteiger partial charge in [0.25, 0.3) is 0 Å². The summed E-state index contributed by atoms with van der Waals surface area (Å²) < 4.78 is 0. The summed E-state index contributed by atoms with van der Waals surface area (Å²) in [4.78, 5) is 6.29. The minimum Gasteiger partial charge on any atom is -0.115 e. The van der Waals surface area contributed by atoms with Crippen LogP contribution in [0.5, 0.6) is 0 Å². The predicted molar refractivity (Wildman–Crippen MR) is 119 cm³/mol. The molecular formula is C25H21S2+. The van der Waals surface area contributed by atoms with Gasteiger partial charge < -0.3 is 0 Å². The molecule has 0 radical (unpaired) electrons. The van der Waals surface area contributed by atoms with E-state index >= 15 is 0 Å². The molecule has 0 saturated carbocycles. The van der Waals surface area contributed by atoms with Crippen LogP contribution in [0, 0.1) is 12.3 Å². The first kappa shape index (κ1) is 19.2. The van der Waals surface area contributed by atoms with Crippen molar-refractivity contribution in [3.63, 3.8) is 0 Å². The van der Waals surface area contributed by atoms with E-state index in [4.69, 9.17) is 6.42 Å². The van der Waals surface area contributed by atoms with Crippen LogP contribution < -0.4 is 0 Å². The summed E-state index contributed by atoms with van der Waals surface area (Å²) in [6.07, 6.45) is 11.4. The Morgan fingerprint density at radius 2 is 1.37 bits per heavy atom. The molecule has 0 aliphatic rings. The number of benzene rings is 3. The molecule has 0 aromatic heterocycles. The lowest BCUT2D eigenvalue weighted by Crippen LogP contribution is -2.05. The average Bonchev–Trinajstić information content (AvgIpc) is 2.73. The van der Waals surface area contributed by atoms with Crippen LogP contribution in [0.25, 0.3) is 0 Å². The molecule has 0 nitrogen and oxygen atoms in total. The maximum atomic E-state index is 5.44. The molecule has 0 aliphatic carbocycles. The molecule has 0 N–H and O–H groups in total. The van der Waals surface area contributed by atoms with Crippen molar-refractivity contribution in [2.75, 3.05) is 0 Å². The molecule has 1 unspecified atom stereocenters. The van der Waals surface area contributed by atoms with Gasteiger partial charge in [0.2, 0.25) is 0 Å². The molecular weight excluding hydrogens is 364 g/mol. The molecule has 1 atom stereocenters. The van der Waals surface area contributed by atoms with E-state index in [0.717, 1.165) is 0 Å². The van der Waals surface area contributed by atoms with Gasteiger partial charge in [-0.05, 0) is 67.6 Å². The number of terminal acetylenes is 1. The molecule has 132 valence electrons. The maximum absolute atomic E-state index is 5.44. The van der Waals surface area contributed by atoms with Crippen molar-refractivity contribution in [3.8, 4) is 12.3 Å². The van der Waals surface area contributed by atoms with Crippen molar-refractivity contribution in [1.29, 1.82) is 0 Å². The first-order chi connectivity index (χ1) is 13.3. The van der Waals surface area contributed by atoms with Gasteiger partial charge in [-0.3, -0.25) is 0 Å². The zero-order chi connectivity index (χ0) is 18.9. The highest BCUT2D eigenvalue weighted by Crippen LogP contribution is 2.33. The highest BCUT2D eigenvalue weighted by Gasteiger charge is 2.28. The van der Waals surface area contributed by atoms with Gasteiger partial charge in [0, 0.05) is 15.9 Å². The molecule has 2 heteroatoms. The molecule has 0 saturated heterocycles. The Labute approximate surface area is 169 Å². The van der Waals surface area contributed by atoms with Crippen LogP contribution in [0.15, 0.2) is 128 Å². The van der Waals surface area contributed by atoms with Crippen LogP contribution in [-0.4, -0.2) is 0 Å². The lowest BCUT2D eigenvalue weighted by atomic mass is 10.4. The van der Waals surface area contributed by atoms with Crippen molar-refractivity contribution in [2.45, 2.75) is 26.5 Å². The normalized spacial score (nSPS) is 12.7. The van der Waals surface area contributed by atoms with Crippen molar-refractivity contribution >= 4 is 22.7 Å². The lowest BCUT2D eigenvalue weighted by molar-refractivity contribution is 1.31. The van der Waals surface area contributed by atoms with E-state index in [-0.39, 0.29) is 10.9 Å². The fourth-order valence-corrected chi connectivity index (χ4v) is 5.58. The van der Waals surface area contributed by atoms with Gasteiger partial charge in [0.1, 0.15) is 0 Å². The van der Waals surface area contributed by atoms with Gasteiger partial charge in [0.15, 0.2) is 14.7 Å². The van der Waals surface area contributed by atoms with Gasteiger partial charge in [-0.1, -0.05) is 54.1 Å². The molecule has 3 rings (SSSR count). The van der Waals surface area contributed by atoms with E-state index in [0.29, 0.717) is 0 Å². The molecule has 0 fully saturated rings. The largest absolute Gasteiger partial charge is 0.166 e. The molecule has 27 heavy (non-hydrogen) atoms. The van der Waals surface area contributed by atoms with Gasteiger partial charge in [0.05, 0.1) is 10.9 Å². The predicted octanol–water partition coefficient (Wildman–Crippen LogP) is 6.97. The van der Waals surface area contributed by atoms with E-state index in [2.05, 4.69) is 97.8 Å².